The van der Waals surface area contributed by atoms with E-state index in [2.05, 4.69) is 5.32 Å². The maximum Gasteiger partial charge on any atom is 0.417 e. The number of carbonyl (C=O) groups is 1. The standard InChI is InChI=1S/C9H8ClF3N2O3S/c10-4-8(16)15-5-1-2-7(19(14,17)18)6(3-5)9(11,12)13/h1-3H,4H2,(H,15,16)(H2,14,17,18). The van der Waals surface area contributed by atoms with E-state index in [1.165, 1.54) is 0 Å². The first-order chi connectivity index (χ1) is 8.55. The molecule has 3 N–H and O–H groups in total. The summed E-state index contributed by atoms with van der Waals surface area (Å²) in [6, 6.07) is 2.13. The molecule has 10 heteroatoms. The molecule has 0 spiro atoms. The van der Waals surface area contributed by atoms with Gasteiger partial charge in [-0.15, -0.1) is 11.6 Å². The van der Waals surface area contributed by atoms with E-state index in [1.54, 1.807) is 0 Å². The van der Waals surface area contributed by atoms with Gasteiger partial charge in [-0.05, 0) is 18.2 Å². The van der Waals surface area contributed by atoms with Crippen LogP contribution in [-0.4, -0.2) is 20.2 Å². The molecule has 0 bridgehead atoms. The van der Waals surface area contributed by atoms with E-state index in [0.29, 0.717) is 12.1 Å². The molecule has 0 unspecified atom stereocenters. The lowest BCUT2D eigenvalue weighted by Gasteiger charge is -2.13. The van der Waals surface area contributed by atoms with Gasteiger partial charge in [-0.2, -0.15) is 13.2 Å². The van der Waals surface area contributed by atoms with Gasteiger partial charge in [-0.25, -0.2) is 13.6 Å². The molecular formula is C9H8ClF3N2O3S. The Hall–Kier alpha value is -1.32. The Morgan fingerprint density at radius 3 is 2.37 bits per heavy atom. The number of amides is 1. The average Bonchev–Trinajstić information content (AvgIpc) is 2.26. The second-order valence-electron chi connectivity index (χ2n) is 3.44. The molecule has 0 aliphatic heterocycles. The van der Waals surface area contributed by atoms with Crippen LogP contribution < -0.4 is 10.5 Å². The zero-order chi connectivity index (χ0) is 14.8. The second-order valence-corrected chi connectivity index (χ2v) is 5.23. The van der Waals surface area contributed by atoms with Crippen molar-refractivity contribution >= 4 is 33.2 Å². The topological polar surface area (TPSA) is 89.3 Å². The minimum atomic E-state index is -4.93. The molecule has 0 atom stereocenters. The fourth-order valence-electron chi connectivity index (χ4n) is 1.27. The third-order valence-corrected chi connectivity index (χ3v) is 3.21. The summed E-state index contributed by atoms with van der Waals surface area (Å²) >= 11 is 5.19. The molecule has 106 valence electrons. The van der Waals surface area contributed by atoms with Crippen LogP contribution in [0.5, 0.6) is 0 Å². The van der Waals surface area contributed by atoms with Gasteiger partial charge in [0.05, 0.1) is 10.5 Å². The number of halogens is 4. The smallest absolute Gasteiger partial charge is 0.325 e. The van der Waals surface area contributed by atoms with Crippen LogP contribution in [0.2, 0.25) is 0 Å². The summed E-state index contributed by atoms with van der Waals surface area (Å²) in [5, 5.41) is 6.77. The molecule has 1 amide bonds. The normalized spacial score (nSPS) is 12.3. The van der Waals surface area contributed by atoms with Gasteiger partial charge in [-0.3, -0.25) is 4.79 Å². The molecule has 0 heterocycles. The molecule has 0 aliphatic rings. The number of nitrogens with two attached hydrogens (primary N) is 1. The van der Waals surface area contributed by atoms with Crippen molar-refractivity contribution in [3.05, 3.63) is 23.8 Å². The number of primary sulfonamides is 1. The first-order valence-electron chi connectivity index (χ1n) is 4.65. The first kappa shape index (κ1) is 15.7. The van der Waals surface area contributed by atoms with Crippen LogP contribution in [0.25, 0.3) is 0 Å². The Balaban J connectivity index is 3.36. The lowest BCUT2D eigenvalue weighted by Crippen LogP contribution is -2.20. The number of carbonyl (C=O) groups excluding carboxylic acids is 1. The average molecular weight is 317 g/mol. The molecule has 1 aromatic carbocycles. The van der Waals surface area contributed by atoms with Crippen LogP contribution in [0.3, 0.4) is 0 Å². The summed E-state index contributed by atoms with van der Waals surface area (Å²) in [6.45, 7) is 0. The highest BCUT2D eigenvalue weighted by atomic mass is 35.5. The van der Waals surface area contributed by atoms with Crippen LogP contribution in [-0.2, 0) is 21.0 Å². The van der Waals surface area contributed by atoms with Gasteiger partial charge in [0.25, 0.3) is 0 Å². The Morgan fingerprint density at radius 2 is 1.95 bits per heavy atom. The lowest BCUT2D eigenvalue weighted by molar-refractivity contribution is -0.139. The summed E-state index contributed by atoms with van der Waals surface area (Å²) in [7, 11) is -4.53. The van der Waals surface area contributed by atoms with Crippen molar-refractivity contribution in [2.45, 2.75) is 11.1 Å². The van der Waals surface area contributed by atoms with Gasteiger partial charge >= 0.3 is 6.18 Å². The molecule has 0 saturated heterocycles. The predicted octanol–water partition coefficient (Wildman–Crippen LogP) is 1.53. The number of rotatable bonds is 3. The monoisotopic (exact) mass is 316 g/mol. The van der Waals surface area contributed by atoms with Gasteiger partial charge < -0.3 is 5.32 Å². The van der Waals surface area contributed by atoms with E-state index in [1.807, 2.05) is 0 Å². The SMILES string of the molecule is NS(=O)(=O)c1ccc(NC(=O)CCl)cc1C(F)(F)F. The van der Waals surface area contributed by atoms with Crippen LogP contribution in [0.15, 0.2) is 23.1 Å². The zero-order valence-corrected chi connectivity index (χ0v) is 10.7. The summed E-state index contributed by atoms with van der Waals surface area (Å²) in [5.41, 5.74) is -1.69. The largest absolute Gasteiger partial charge is 0.417 e. The quantitative estimate of drug-likeness (QED) is 0.829. The summed E-state index contributed by atoms with van der Waals surface area (Å²) < 4.78 is 60.3. The third-order valence-electron chi connectivity index (χ3n) is 2.00. The van der Waals surface area contributed by atoms with Crippen molar-refractivity contribution in [1.82, 2.24) is 0 Å². The van der Waals surface area contributed by atoms with Gasteiger partial charge in [0.2, 0.25) is 15.9 Å². The highest BCUT2D eigenvalue weighted by Gasteiger charge is 2.36. The van der Waals surface area contributed by atoms with Gasteiger partial charge in [0.1, 0.15) is 5.88 Å². The third kappa shape index (κ3) is 4.08. The minimum Gasteiger partial charge on any atom is -0.325 e. The Kier molecular flexibility index (Phi) is 4.43. The maximum atomic E-state index is 12.7. The Bertz CT molecular complexity index is 601. The van der Waals surface area contributed by atoms with Crippen LogP contribution in [0.4, 0.5) is 18.9 Å². The molecule has 0 aliphatic carbocycles. The van der Waals surface area contributed by atoms with E-state index in [4.69, 9.17) is 16.7 Å². The molecule has 1 aromatic rings. The van der Waals surface area contributed by atoms with E-state index in [-0.39, 0.29) is 5.69 Å². The van der Waals surface area contributed by atoms with E-state index in [9.17, 15) is 26.4 Å². The van der Waals surface area contributed by atoms with Gasteiger partial charge in [0.15, 0.2) is 0 Å². The Labute approximate surface area is 111 Å². The van der Waals surface area contributed by atoms with Crippen molar-refractivity contribution in [1.29, 1.82) is 0 Å². The zero-order valence-electron chi connectivity index (χ0n) is 9.16. The summed E-state index contributed by atoms with van der Waals surface area (Å²) in [4.78, 5) is 9.89. The fraction of sp³-hybridized carbons (Fsp3) is 0.222. The lowest BCUT2D eigenvalue weighted by atomic mass is 10.2. The van der Waals surface area contributed by atoms with Crippen molar-refractivity contribution in [2.24, 2.45) is 5.14 Å². The highest BCUT2D eigenvalue weighted by molar-refractivity contribution is 7.89. The minimum absolute atomic E-state index is 0.231. The predicted molar refractivity (Wildman–Crippen MR) is 62.2 cm³/mol. The molecule has 0 aromatic heterocycles. The number of benzene rings is 1. The van der Waals surface area contributed by atoms with Gasteiger partial charge in [-0.1, -0.05) is 0 Å². The number of sulfonamides is 1. The number of anilines is 1. The molecule has 19 heavy (non-hydrogen) atoms. The van der Waals surface area contributed by atoms with Crippen molar-refractivity contribution in [3.8, 4) is 0 Å². The number of hydrogen-bond acceptors (Lipinski definition) is 3. The first-order valence-corrected chi connectivity index (χ1v) is 6.73. The van der Waals surface area contributed by atoms with Crippen LogP contribution in [0.1, 0.15) is 5.56 Å². The second kappa shape index (κ2) is 5.35. The highest BCUT2D eigenvalue weighted by Crippen LogP contribution is 2.35. The number of nitrogens with one attached hydrogen (secondary N) is 1. The molecule has 0 fully saturated rings. The molecule has 0 radical (unpaired) electrons. The van der Waals surface area contributed by atoms with Gasteiger partial charge in [0, 0.05) is 5.69 Å². The van der Waals surface area contributed by atoms with Crippen molar-refractivity contribution in [3.63, 3.8) is 0 Å². The van der Waals surface area contributed by atoms with Crippen LogP contribution >= 0.6 is 11.6 Å². The van der Waals surface area contributed by atoms with Crippen molar-refractivity contribution < 1.29 is 26.4 Å². The summed E-state index contributed by atoms with van der Waals surface area (Å²) in [5.74, 6) is -1.17. The van der Waals surface area contributed by atoms with E-state index < -0.39 is 38.4 Å². The van der Waals surface area contributed by atoms with Crippen molar-refractivity contribution in [2.75, 3.05) is 11.2 Å². The summed E-state index contributed by atoms with van der Waals surface area (Å²) in [6.07, 6.45) is -4.93. The Morgan fingerprint density at radius 1 is 1.37 bits per heavy atom. The molecule has 1 rings (SSSR count). The van der Waals surface area contributed by atoms with E-state index in [0.717, 1.165) is 6.07 Å². The fourth-order valence-corrected chi connectivity index (χ4v) is 2.08. The molecule has 0 saturated carbocycles. The number of alkyl halides is 4. The van der Waals surface area contributed by atoms with Crippen LogP contribution in [0, 0.1) is 0 Å². The number of hydrogen-bond donors (Lipinski definition) is 2. The maximum absolute atomic E-state index is 12.7. The molecular weight excluding hydrogens is 309 g/mol. The molecule has 5 nitrogen and oxygen atoms in total. The van der Waals surface area contributed by atoms with E-state index >= 15 is 0 Å².